The van der Waals surface area contributed by atoms with Gasteiger partial charge < -0.3 is 5.32 Å². The van der Waals surface area contributed by atoms with Crippen LogP contribution in [0.5, 0.6) is 0 Å². The summed E-state index contributed by atoms with van der Waals surface area (Å²) in [4.78, 5) is 13.0. The summed E-state index contributed by atoms with van der Waals surface area (Å²) in [7, 11) is 0. The molecular formula is C14H8F3NOS. The molecule has 0 saturated heterocycles. The van der Waals surface area contributed by atoms with E-state index in [1.54, 1.807) is 0 Å². The molecule has 0 spiro atoms. The molecule has 0 amide bonds. The van der Waals surface area contributed by atoms with Gasteiger partial charge in [0, 0.05) is 15.4 Å². The van der Waals surface area contributed by atoms with Crippen LogP contribution >= 0.6 is 11.8 Å². The molecule has 0 saturated carbocycles. The van der Waals surface area contributed by atoms with Crippen LogP contribution in [0.1, 0.15) is 10.4 Å². The van der Waals surface area contributed by atoms with Crippen molar-refractivity contribution >= 4 is 28.9 Å². The Morgan fingerprint density at radius 1 is 1.00 bits per heavy atom. The standard InChI is InChI=1S/C14H8F3NOS/c15-14(16,17)13(19)8-5-6-12-10(7-8)18-9-3-1-2-4-11(9)20-12/h1-7,18H. The Kier molecular flexibility index (Phi) is 2.97. The number of hydrogen-bond donors (Lipinski definition) is 1. The fourth-order valence-corrected chi connectivity index (χ4v) is 2.91. The van der Waals surface area contributed by atoms with Crippen molar-refractivity contribution in [1.29, 1.82) is 0 Å². The summed E-state index contributed by atoms with van der Waals surface area (Å²) >= 11 is 1.46. The van der Waals surface area contributed by atoms with Crippen molar-refractivity contribution in [3.05, 3.63) is 48.0 Å². The zero-order valence-electron chi connectivity index (χ0n) is 9.99. The highest BCUT2D eigenvalue weighted by Crippen LogP contribution is 2.44. The van der Waals surface area contributed by atoms with Crippen molar-refractivity contribution in [2.24, 2.45) is 0 Å². The topological polar surface area (TPSA) is 29.1 Å². The van der Waals surface area contributed by atoms with Gasteiger partial charge in [-0.3, -0.25) is 4.79 Å². The molecule has 20 heavy (non-hydrogen) atoms. The lowest BCUT2D eigenvalue weighted by molar-refractivity contribution is -0.0885. The average molecular weight is 295 g/mol. The second kappa shape index (κ2) is 4.56. The smallest absolute Gasteiger partial charge is 0.354 e. The number of ketones is 1. The van der Waals surface area contributed by atoms with Crippen LogP contribution in [0.2, 0.25) is 0 Å². The van der Waals surface area contributed by atoms with Gasteiger partial charge in [-0.05, 0) is 30.3 Å². The lowest BCUT2D eigenvalue weighted by Crippen LogP contribution is -2.22. The third kappa shape index (κ3) is 2.27. The van der Waals surface area contributed by atoms with Crippen LogP contribution in [0.3, 0.4) is 0 Å². The molecule has 2 aromatic carbocycles. The molecular weight excluding hydrogens is 287 g/mol. The number of halogens is 3. The van der Waals surface area contributed by atoms with Gasteiger partial charge in [-0.15, -0.1) is 0 Å². The van der Waals surface area contributed by atoms with E-state index in [9.17, 15) is 18.0 Å². The lowest BCUT2D eigenvalue weighted by atomic mass is 10.1. The number of carbonyl (C=O) groups excluding carboxylic acids is 1. The SMILES string of the molecule is O=C(c1ccc2c(c1)Nc1ccccc1S2)C(F)(F)F. The maximum Gasteiger partial charge on any atom is 0.454 e. The molecule has 0 fully saturated rings. The van der Waals surface area contributed by atoms with Gasteiger partial charge >= 0.3 is 6.18 Å². The van der Waals surface area contributed by atoms with Gasteiger partial charge in [0.1, 0.15) is 0 Å². The van der Waals surface area contributed by atoms with Gasteiger partial charge in [0.05, 0.1) is 11.4 Å². The second-order valence-corrected chi connectivity index (χ2v) is 5.34. The molecule has 0 bridgehead atoms. The largest absolute Gasteiger partial charge is 0.454 e. The Hall–Kier alpha value is -1.95. The zero-order chi connectivity index (χ0) is 14.3. The highest BCUT2D eigenvalue weighted by Gasteiger charge is 2.39. The molecule has 1 heterocycles. The molecule has 1 aliphatic heterocycles. The fourth-order valence-electron chi connectivity index (χ4n) is 1.94. The first-order valence-electron chi connectivity index (χ1n) is 5.74. The fraction of sp³-hybridized carbons (Fsp3) is 0.0714. The Bertz CT molecular complexity index is 697. The molecule has 3 rings (SSSR count). The number of carbonyl (C=O) groups is 1. The van der Waals surface area contributed by atoms with E-state index >= 15 is 0 Å². The van der Waals surface area contributed by atoms with Crippen molar-refractivity contribution in [3.8, 4) is 0 Å². The summed E-state index contributed by atoms with van der Waals surface area (Å²) < 4.78 is 37.3. The summed E-state index contributed by atoms with van der Waals surface area (Å²) in [6.07, 6.45) is -4.85. The normalized spacial score (nSPS) is 13.2. The summed E-state index contributed by atoms with van der Waals surface area (Å²) in [5.41, 5.74) is 0.981. The third-order valence-electron chi connectivity index (χ3n) is 2.88. The van der Waals surface area contributed by atoms with Crippen LogP contribution < -0.4 is 5.32 Å². The van der Waals surface area contributed by atoms with E-state index in [0.29, 0.717) is 5.69 Å². The van der Waals surface area contributed by atoms with E-state index in [1.165, 1.54) is 30.0 Å². The predicted molar refractivity (Wildman–Crippen MR) is 70.7 cm³/mol. The minimum atomic E-state index is -4.85. The first kappa shape index (κ1) is 13.1. The molecule has 1 N–H and O–H groups in total. The number of para-hydroxylation sites is 1. The number of benzene rings is 2. The first-order chi connectivity index (χ1) is 9.45. The predicted octanol–water partition coefficient (Wildman–Crippen LogP) is 4.64. The highest BCUT2D eigenvalue weighted by molar-refractivity contribution is 7.99. The van der Waals surface area contributed by atoms with Crippen molar-refractivity contribution in [3.63, 3.8) is 0 Å². The van der Waals surface area contributed by atoms with Crippen molar-refractivity contribution in [2.75, 3.05) is 5.32 Å². The monoisotopic (exact) mass is 295 g/mol. The molecule has 0 atom stereocenters. The van der Waals surface area contributed by atoms with Crippen LogP contribution in [0, 0.1) is 0 Å². The maximum atomic E-state index is 12.4. The minimum absolute atomic E-state index is 0.358. The van der Waals surface area contributed by atoms with E-state index in [0.717, 1.165) is 15.5 Å². The molecule has 6 heteroatoms. The number of alkyl halides is 3. The molecule has 2 aromatic rings. The van der Waals surface area contributed by atoms with Crippen molar-refractivity contribution < 1.29 is 18.0 Å². The maximum absolute atomic E-state index is 12.4. The molecule has 2 nitrogen and oxygen atoms in total. The zero-order valence-corrected chi connectivity index (χ0v) is 10.8. The quantitative estimate of drug-likeness (QED) is 0.663. The number of hydrogen-bond acceptors (Lipinski definition) is 3. The van der Waals surface area contributed by atoms with Crippen LogP contribution in [0.15, 0.2) is 52.3 Å². The summed E-state index contributed by atoms with van der Waals surface area (Å²) in [6.45, 7) is 0. The van der Waals surface area contributed by atoms with Gasteiger partial charge in [0.15, 0.2) is 0 Å². The summed E-state index contributed by atoms with van der Waals surface area (Å²) in [6, 6.07) is 11.5. The van der Waals surface area contributed by atoms with Crippen LogP contribution in [0.25, 0.3) is 0 Å². The van der Waals surface area contributed by atoms with Gasteiger partial charge in [0.2, 0.25) is 0 Å². The van der Waals surface area contributed by atoms with E-state index in [2.05, 4.69) is 5.32 Å². The van der Waals surface area contributed by atoms with Gasteiger partial charge in [-0.25, -0.2) is 0 Å². The number of anilines is 2. The van der Waals surface area contributed by atoms with E-state index in [4.69, 9.17) is 0 Å². The Morgan fingerprint density at radius 2 is 1.70 bits per heavy atom. The Labute approximate surface area is 117 Å². The summed E-state index contributed by atoms with van der Waals surface area (Å²) in [5.74, 6) is -1.83. The first-order valence-corrected chi connectivity index (χ1v) is 6.56. The van der Waals surface area contributed by atoms with Gasteiger partial charge in [-0.1, -0.05) is 23.9 Å². The van der Waals surface area contributed by atoms with E-state index in [1.807, 2.05) is 24.3 Å². The molecule has 1 aliphatic rings. The van der Waals surface area contributed by atoms with Gasteiger partial charge in [0.25, 0.3) is 5.78 Å². The highest BCUT2D eigenvalue weighted by atomic mass is 32.2. The number of Topliss-reactive ketones (excluding diaryl/α,β-unsaturated/α-hetero) is 1. The minimum Gasteiger partial charge on any atom is -0.354 e. The van der Waals surface area contributed by atoms with Gasteiger partial charge in [-0.2, -0.15) is 13.2 Å². The van der Waals surface area contributed by atoms with Crippen LogP contribution in [-0.2, 0) is 0 Å². The summed E-state index contributed by atoms with van der Waals surface area (Å²) in [5, 5.41) is 3.05. The average Bonchev–Trinajstić information content (AvgIpc) is 2.42. The van der Waals surface area contributed by atoms with Crippen LogP contribution in [-0.4, -0.2) is 12.0 Å². The number of fused-ring (bicyclic) bond motifs is 2. The molecule has 0 radical (unpaired) electrons. The molecule has 0 aromatic heterocycles. The number of rotatable bonds is 1. The van der Waals surface area contributed by atoms with E-state index < -0.39 is 12.0 Å². The number of nitrogens with one attached hydrogen (secondary N) is 1. The van der Waals surface area contributed by atoms with E-state index in [-0.39, 0.29) is 5.56 Å². The Balaban J connectivity index is 1.98. The second-order valence-electron chi connectivity index (χ2n) is 4.26. The molecule has 0 unspecified atom stereocenters. The molecule has 0 aliphatic carbocycles. The Morgan fingerprint density at radius 3 is 2.45 bits per heavy atom. The van der Waals surface area contributed by atoms with Crippen molar-refractivity contribution in [1.82, 2.24) is 0 Å². The molecule has 102 valence electrons. The van der Waals surface area contributed by atoms with Crippen LogP contribution in [0.4, 0.5) is 24.5 Å². The third-order valence-corrected chi connectivity index (χ3v) is 4.03. The van der Waals surface area contributed by atoms with Crippen molar-refractivity contribution in [2.45, 2.75) is 16.0 Å². The lowest BCUT2D eigenvalue weighted by Gasteiger charge is -2.21.